The zero-order valence-electron chi connectivity index (χ0n) is 15.7. The molecule has 7 nitrogen and oxygen atoms in total. The van der Waals surface area contributed by atoms with Gasteiger partial charge in [-0.3, -0.25) is 9.59 Å². The summed E-state index contributed by atoms with van der Waals surface area (Å²) < 4.78 is 13.4. The van der Waals surface area contributed by atoms with Crippen molar-refractivity contribution in [1.82, 2.24) is 10.6 Å². The zero-order valence-corrected chi connectivity index (χ0v) is 15.7. The molecule has 3 N–H and O–H groups in total. The average Bonchev–Trinajstić information content (AvgIpc) is 2.67. The molecule has 150 valence electrons. The maximum Gasteiger partial charge on any atom is 0.326 e. The fourth-order valence-corrected chi connectivity index (χ4v) is 2.78. The number of benzene rings is 2. The van der Waals surface area contributed by atoms with Crippen molar-refractivity contribution in [3.63, 3.8) is 0 Å². The van der Waals surface area contributed by atoms with Crippen molar-refractivity contribution in [2.45, 2.75) is 31.8 Å². The predicted molar refractivity (Wildman–Crippen MR) is 102 cm³/mol. The van der Waals surface area contributed by atoms with Crippen LogP contribution < -0.4 is 10.6 Å². The molecular formula is C21H20FN3O4. The van der Waals surface area contributed by atoms with E-state index in [1.54, 1.807) is 30.3 Å². The minimum absolute atomic E-state index is 0.000458. The minimum Gasteiger partial charge on any atom is -0.480 e. The molecule has 2 aromatic rings. The van der Waals surface area contributed by atoms with Crippen LogP contribution in [0.2, 0.25) is 0 Å². The van der Waals surface area contributed by atoms with Crippen LogP contribution in [0.15, 0.2) is 48.5 Å². The van der Waals surface area contributed by atoms with Gasteiger partial charge in [-0.15, -0.1) is 0 Å². The molecule has 2 amide bonds. The van der Waals surface area contributed by atoms with Gasteiger partial charge in [0.25, 0.3) is 0 Å². The second-order valence-electron chi connectivity index (χ2n) is 6.50. The number of carboxylic acid groups (broad SMARTS) is 1. The Hall–Kier alpha value is -3.73. The average molecular weight is 397 g/mol. The molecule has 29 heavy (non-hydrogen) atoms. The van der Waals surface area contributed by atoms with Gasteiger partial charge in [-0.05, 0) is 35.4 Å². The van der Waals surface area contributed by atoms with Crippen LogP contribution in [-0.4, -0.2) is 35.0 Å². The molecule has 0 saturated carbocycles. The summed E-state index contributed by atoms with van der Waals surface area (Å²) in [5.74, 6) is -2.88. The molecule has 0 radical (unpaired) electrons. The number of carbonyl (C=O) groups is 3. The fourth-order valence-electron chi connectivity index (χ4n) is 2.78. The van der Waals surface area contributed by atoms with E-state index in [9.17, 15) is 23.9 Å². The molecule has 0 aliphatic rings. The normalized spacial score (nSPS) is 12.3. The van der Waals surface area contributed by atoms with E-state index in [1.165, 1.54) is 25.1 Å². The first-order valence-corrected chi connectivity index (χ1v) is 8.82. The SMILES string of the molecule is CC(=O)N[C@H](Cc1cccc(F)c1)C(=O)N[C@@H](Cc1ccc(C#N)cc1)C(=O)O. The molecule has 0 fully saturated rings. The number of rotatable bonds is 8. The maximum absolute atomic E-state index is 13.4. The fraction of sp³-hybridized carbons (Fsp3) is 0.238. The van der Waals surface area contributed by atoms with Crippen molar-refractivity contribution in [1.29, 1.82) is 5.26 Å². The van der Waals surface area contributed by atoms with Gasteiger partial charge in [0.1, 0.15) is 17.9 Å². The van der Waals surface area contributed by atoms with Crippen LogP contribution in [0.25, 0.3) is 0 Å². The van der Waals surface area contributed by atoms with Gasteiger partial charge in [0.15, 0.2) is 0 Å². The lowest BCUT2D eigenvalue weighted by Gasteiger charge is -2.21. The summed E-state index contributed by atoms with van der Waals surface area (Å²) in [7, 11) is 0. The lowest BCUT2D eigenvalue weighted by molar-refractivity contribution is -0.142. The molecule has 0 unspecified atom stereocenters. The highest BCUT2D eigenvalue weighted by Crippen LogP contribution is 2.09. The molecule has 0 spiro atoms. The Kier molecular flexibility index (Phi) is 7.43. The number of carbonyl (C=O) groups excluding carboxylic acids is 2. The van der Waals surface area contributed by atoms with Gasteiger partial charge in [-0.25, -0.2) is 9.18 Å². The number of carboxylic acids is 1. The lowest BCUT2D eigenvalue weighted by Crippen LogP contribution is -2.52. The highest BCUT2D eigenvalue weighted by molar-refractivity contribution is 5.90. The monoisotopic (exact) mass is 397 g/mol. The third-order valence-corrected chi connectivity index (χ3v) is 4.16. The second kappa shape index (κ2) is 9.99. The van der Waals surface area contributed by atoms with E-state index in [0.717, 1.165) is 0 Å². The number of amides is 2. The first kappa shape index (κ1) is 21.6. The van der Waals surface area contributed by atoms with Crippen molar-refractivity contribution < 1.29 is 23.9 Å². The third-order valence-electron chi connectivity index (χ3n) is 4.16. The number of hydrogen-bond donors (Lipinski definition) is 3. The highest BCUT2D eigenvalue weighted by Gasteiger charge is 2.26. The number of nitrogens with one attached hydrogen (secondary N) is 2. The van der Waals surface area contributed by atoms with E-state index in [-0.39, 0.29) is 12.8 Å². The molecule has 0 saturated heterocycles. The number of nitrogens with zero attached hydrogens (tertiary/aromatic N) is 1. The Balaban J connectivity index is 2.13. The number of aliphatic carboxylic acids is 1. The molecule has 0 aromatic heterocycles. The lowest BCUT2D eigenvalue weighted by atomic mass is 10.0. The Labute approximate surface area is 167 Å². The Morgan fingerprint density at radius 3 is 2.24 bits per heavy atom. The second-order valence-corrected chi connectivity index (χ2v) is 6.50. The molecule has 2 rings (SSSR count). The van der Waals surface area contributed by atoms with E-state index in [4.69, 9.17) is 5.26 Å². The predicted octanol–water partition coefficient (Wildman–Crippen LogP) is 1.56. The smallest absolute Gasteiger partial charge is 0.326 e. The van der Waals surface area contributed by atoms with Crippen molar-refractivity contribution in [3.8, 4) is 6.07 Å². The van der Waals surface area contributed by atoms with Crippen LogP contribution in [0.1, 0.15) is 23.6 Å². The van der Waals surface area contributed by atoms with Gasteiger partial charge < -0.3 is 15.7 Å². The Morgan fingerprint density at radius 2 is 1.69 bits per heavy atom. The number of halogens is 1. The van der Waals surface area contributed by atoms with Gasteiger partial charge in [-0.1, -0.05) is 24.3 Å². The van der Waals surface area contributed by atoms with E-state index in [0.29, 0.717) is 16.7 Å². The summed E-state index contributed by atoms with van der Waals surface area (Å²) in [6.45, 7) is 1.23. The number of hydrogen-bond acceptors (Lipinski definition) is 4. The molecule has 2 atom stereocenters. The summed E-state index contributed by atoms with van der Waals surface area (Å²) in [5.41, 5.74) is 1.54. The van der Waals surface area contributed by atoms with E-state index >= 15 is 0 Å². The molecule has 0 bridgehead atoms. The van der Waals surface area contributed by atoms with E-state index < -0.39 is 35.7 Å². The summed E-state index contributed by atoms with van der Waals surface area (Å²) >= 11 is 0. The quantitative estimate of drug-likeness (QED) is 0.624. The van der Waals surface area contributed by atoms with Crippen molar-refractivity contribution in [2.75, 3.05) is 0 Å². The van der Waals surface area contributed by atoms with Gasteiger partial charge >= 0.3 is 5.97 Å². The molecular weight excluding hydrogens is 377 g/mol. The highest BCUT2D eigenvalue weighted by atomic mass is 19.1. The first-order valence-electron chi connectivity index (χ1n) is 8.82. The summed E-state index contributed by atoms with van der Waals surface area (Å²) in [4.78, 5) is 35.7. The van der Waals surface area contributed by atoms with Gasteiger partial charge in [-0.2, -0.15) is 5.26 Å². The van der Waals surface area contributed by atoms with Crippen LogP contribution in [0, 0.1) is 17.1 Å². The summed E-state index contributed by atoms with van der Waals surface area (Å²) in [6.07, 6.45) is 0.00587. The van der Waals surface area contributed by atoms with E-state index in [2.05, 4.69) is 10.6 Å². The summed E-state index contributed by atoms with van der Waals surface area (Å²) in [6, 6.07) is 11.6. The van der Waals surface area contributed by atoms with Crippen LogP contribution >= 0.6 is 0 Å². The molecule has 0 heterocycles. The van der Waals surface area contributed by atoms with Crippen LogP contribution in [0.4, 0.5) is 4.39 Å². The van der Waals surface area contributed by atoms with Gasteiger partial charge in [0, 0.05) is 19.8 Å². The summed E-state index contributed by atoms with van der Waals surface area (Å²) in [5, 5.41) is 23.2. The third kappa shape index (κ3) is 6.74. The topological polar surface area (TPSA) is 119 Å². The molecule has 8 heteroatoms. The largest absolute Gasteiger partial charge is 0.480 e. The molecule has 0 aliphatic heterocycles. The van der Waals surface area contributed by atoms with Gasteiger partial charge in [0.2, 0.25) is 11.8 Å². The molecule has 2 aromatic carbocycles. The zero-order chi connectivity index (χ0) is 21.4. The van der Waals surface area contributed by atoms with Gasteiger partial charge in [0.05, 0.1) is 11.6 Å². The van der Waals surface area contributed by atoms with Crippen LogP contribution in [0.5, 0.6) is 0 Å². The van der Waals surface area contributed by atoms with Crippen molar-refractivity contribution >= 4 is 17.8 Å². The number of nitriles is 1. The Bertz CT molecular complexity index is 938. The minimum atomic E-state index is -1.24. The standard InChI is InChI=1S/C21H20FN3O4/c1-13(26)24-18(11-16-3-2-4-17(22)9-16)20(27)25-19(21(28)29)10-14-5-7-15(12-23)8-6-14/h2-9,18-19H,10-11H2,1H3,(H,24,26)(H,25,27)(H,28,29)/t18-,19+/m1/s1. The van der Waals surface area contributed by atoms with Crippen LogP contribution in [0.3, 0.4) is 0 Å². The Morgan fingerprint density at radius 1 is 1.03 bits per heavy atom. The first-order chi connectivity index (χ1) is 13.8. The van der Waals surface area contributed by atoms with E-state index in [1.807, 2.05) is 6.07 Å². The van der Waals surface area contributed by atoms with Crippen LogP contribution in [-0.2, 0) is 27.2 Å². The maximum atomic E-state index is 13.4. The van der Waals surface area contributed by atoms with Crippen molar-refractivity contribution in [3.05, 3.63) is 71.0 Å². The molecule has 0 aliphatic carbocycles. The van der Waals surface area contributed by atoms with Crippen molar-refractivity contribution in [2.24, 2.45) is 0 Å².